The summed E-state index contributed by atoms with van der Waals surface area (Å²) in [5, 5.41) is 1.13. The summed E-state index contributed by atoms with van der Waals surface area (Å²) < 4.78 is 13.5. The monoisotopic (exact) mass is 341 g/mol. The van der Waals surface area contributed by atoms with Crippen LogP contribution >= 0.6 is 34.8 Å². The van der Waals surface area contributed by atoms with Crippen LogP contribution in [-0.2, 0) is 0 Å². The first-order valence-corrected chi connectivity index (χ1v) is 7.07. The third kappa shape index (κ3) is 2.42. The van der Waals surface area contributed by atoms with Gasteiger partial charge in [-0.1, -0.05) is 40.9 Å². The van der Waals surface area contributed by atoms with Gasteiger partial charge in [0, 0.05) is 33.2 Å². The first-order valence-electron chi connectivity index (χ1n) is 5.94. The number of hydrogen-bond acceptors (Lipinski definition) is 1. The summed E-state index contributed by atoms with van der Waals surface area (Å²) in [7, 11) is 0. The van der Waals surface area contributed by atoms with E-state index >= 15 is 0 Å². The van der Waals surface area contributed by atoms with E-state index in [1.165, 1.54) is 24.4 Å². The van der Waals surface area contributed by atoms with Gasteiger partial charge in [0.15, 0.2) is 5.78 Å². The van der Waals surface area contributed by atoms with Crippen LogP contribution in [0.25, 0.3) is 10.9 Å². The van der Waals surface area contributed by atoms with Crippen molar-refractivity contribution in [1.82, 2.24) is 4.98 Å². The normalized spacial score (nSPS) is 11.0. The highest BCUT2D eigenvalue weighted by molar-refractivity contribution is 6.41. The van der Waals surface area contributed by atoms with Crippen LogP contribution in [0.3, 0.4) is 0 Å². The molecule has 1 aromatic heterocycles. The Hall–Kier alpha value is -1.55. The Bertz CT molecular complexity index is 873. The molecule has 1 heterocycles. The fourth-order valence-corrected chi connectivity index (χ4v) is 2.99. The summed E-state index contributed by atoms with van der Waals surface area (Å²) in [6.45, 7) is 0. The Morgan fingerprint density at radius 3 is 2.62 bits per heavy atom. The van der Waals surface area contributed by atoms with Gasteiger partial charge >= 0.3 is 0 Å². The van der Waals surface area contributed by atoms with Gasteiger partial charge in [-0.2, -0.15) is 0 Å². The Labute approximate surface area is 134 Å². The Kier molecular flexibility index (Phi) is 3.66. The number of nitrogens with one attached hydrogen (secondary N) is 1. The van der Waals surface area contributed by atoms with Gasteiger partial charge in [0.1, 0.15) is 5.82 Å². The molecule has 0 aliphatic heterocycles. The number of aromatic amines is 1. The van der Waals surface area contributed by atoms with Gasteiger partial charge in [-0.3, -0.25) is 4.79 Å². The zero-order chi connectivity index (χ0) is 15.1. The molecule has 0 aliphatic rings. The van der Waals surface area contributed by atoms with E-state index in [9.17, 15) is 9.18 Å². The molecular formula is C15H7Cl3FNO. The minimum Gasteiger partial charge on any atom is -0.360 e. The molecule has 0 saturated heterocycles. The van der Waals surface area contributed by atoms with Crippen molar-refractivity contribution in [2.45, 2.75) is 0 Å². The second-order valence-electron chi connectivity index (χ2n) is 4.44. The van der Waals surface area contributed by atoms with E-state index in [1.54, 1.807) is 12.1 Å². The minimum atomic E-state index is -0.642. The number of carbonyl (C=O) groups excluding carboxylic acids is 1. The lowest BCUT2D eigenvalue weighted by atomic mass is 10.0. The zero-order valence-corrected chi connectivity index (χ0v) is 12.7. The number of aromatic nitrogens is 1. The standard InChI is InChI=1S/C15H7Cl3FNO/c16-7-4-10(17)13-9(6-20-12(13)5-7)15(21)8-2-1-3-11(19)14(8)18/h1-6,20H. The summed E-state index contributed by atoms with van der Waals surface area (Å²) in [6, 6.07) is 7.30. The molecule has 3 rings (SSSR count). The van der Waals surface area contributed by atoms with Crippen molar-refractivity contribution >= 4 is 51.5 Å². The minimum absolute atomic E-state index is 0.0867. The highest BCUT2D eigenvalue weighted by atomic mass is 35.5. The first-order chi connectivity index (χ1) is 9.99. The fourth-order valence-electron chi connectivity index (χ4n) is 2.19. The number of hydrogen-bond donors (Lipinski definition) is 1. The molecule has 0 fully saturated rings. The van der Waals surface area contributed by atoms with Gasteiger partial charge in [0.25, 0.3) is 0 Å². The molecule has 1 N–H and O–H groups in total. The van der Waals surface area contributed by atoms with Crippen molar-refractivity contribution < 1.29 is 9.18 Å². The summed E-state index contributed by atoms with van der Waals surface area (Å²) in [4.78, 5) is 15.5. The molecule has 0 bridgehead atoms. The quantitative estimate of drug-likeness (QED) is 0.613. The number of H-pyrrole nitrogens is 1. The van der Waals surface area contributed by atoms with Crippen molar-refractivity contribution in [2.24, 2.45) is 0 Å². The molecular weight excluding hydrogens is 336 g/mol. The summed E-state index contributed by atoms with van der Waals surface area (Å²) in [6.07, 6.45) is 1.51. The van der Waals surface area contributed by atoms with E-state index in [4.69, 9.17) is 34.8 Å². The maximum Gasteiger partial charge on any atom is 0.196 e. The molecule has 21 heavy (non-hydrogen) atoms. The van der Waals surface area contributed by atoms with Gasteiger partial charge < -0.3 is 4.98 Å². The highest BCUT2D eigenvalue weighted by Gasteiger charge is 2.20. The van der Waals surface area contributed by atoms with Gasteiger partial charge in [0.05, 0.1) is 10.0 Å². The van der Waals surface area contributed by atoms with Crippen LogP contribution in [0.15, 0.2) is 36.5 Å². The molecule has 0 unspecified atom stereocenters. The number of ketones is 1. The van der Waals surface area contributed by atoms with Gasteiger partial charge in [0.2, 0.25) is 0 Å². The van der Waals surface area contributed by atoms with Crippen LogP contribution in [0.2, 0.25) is 15.1 Å². The molecule has 6 heteroatoms. The molecule has 3 aromatic rings. The van der Waals surface area contributed by atoms with E-state index in [0.717, 1.165) is 0 Å². The van der Waals surface area contributed by atoms with Crippen LogP contribution in [0.1, 0.15) is 15.9 Å². The maximum absolute atomic E-state index is 13.5. The number of halogens is 4. The largest absolute Gasteiger partial charge is 0.360 e. The second kappa shape index (κ2) is 5.34. The Morgan fingerprint density at radius 2 is 1.86 bits per heavy atom. The molecule has 2 aromatic carbocycles. The van der Waals surface area contributed by atoms with Crippen LogP contribution in [0, 0.1) is 5.82 Å². The summed E-state index contributed by atoms with van der Waals surface area (Å²) >= 11 is 17.9. The lowest BCUT2D eigenvalue weighted by Gasteiger charge is -2.04. The first kappa shape index (κ1) is 14.4. The number of carbonyl (C=O) groups is 1. The number of benzene rings is 2. The van der Waals surface area contributed by atoms with E-state index in [-0.39, 0.29) is 10.6 Å². The third-order valence-corrected chi connectivity index (χ3v) is 4.04. The van der Waals surface area contributed by atoms with Gasteiger partial charge in [-0.15, -0.1) is 0 Å². The van der Waals surface area contributed by atoms with E-state index < -0.39 is 11.6 Å². The lowest BCUT2D eigenvalue weighted by molar-refractivity contribution is 0.104. The fraction of sp³-hybridized carbons (Fsp3) is 0. The van der Waals surface area contributed by atoms with Gasteiger partial charge in [-0.05, 0) is 24.3 Å². The molecule has 0 amide bonds. The molecule has 2 nitrogen and oxygen atoms in total. The van der Waals surface area contributed by atoms with Crippen molar-refractivity contribution in [3.05, 3.63) is 68.5 Å². The second-order valence-corrected chi connectivity index (χ2v) is 5.66. The molecule has 0 aliphatic carbocycles. The van der Waals surface area contributed by atoms with Crippen LogP contribution in [0.5, 0.6) is 0 Å². The molecule has 0 atom stereocenters. The molecule has 0 radical (unpaired) electrons. The van der Waals surface area contributed by atoms with Crippen LogP contribution in [0.4, 0.5) is 4.39 Å². The smallest absolute Gasteiger partial charge is 0.196 e. The van der Waals surface area contributed by atoms with Crippen molar-refractivity contribution in [2.75, 3.05) is 0 Å². The van der Waals surface area contributed by atoms with Crippen LogP contribution in [-0.4, -0.2) is 10.8 Å². The zero-order valence-electron chi connectivity index (χ0n) is 10.4. The van der Waals surface area contributed by atoms with Crippen molar-refractivity contribution in [3.63, 3.8) is 0 Å². The maximum atomic E-state index is 13.5. The predicted octanol–water partition coefficient (Wildman–Crippen LogP) is 5.50. The Balaban J connectivity index is 2.21. The average molecular weight is 343 g/mol. The van der Waals surface area contributed by atoms with Crippen molar-refractivity contribution in [3.8, 4) is 0 Å². The predicted molar refractivity (Wildman–Crippen MR) is 83.2 cm³/mol. The number of rotatable bonds is 2. The summed E-state index contributed by atoms with van der Waals surface area (Å²) in [5.41, 5.74) is 1.03. The SMILES string of the molecule is O=C(c1cccc(F)c1Cl)c1c[nH]c2cc(Cl)cc(Cl)c12. The highest BCUT2D eigenvalue weighted by Crippen LogP contribution is 2.32. The molecule has 106 valence electrons. The van der Waals surface area contributed by atoms with E-state index in [2.05, 4.69) is 4.98 Å². The van der Waals surface area contributed by atoms with E-state index in [0.29, 0.717) is 26.5 Å². The third-order valence-electron chi connectivity index (χ3n) is 3.14. The Morgan fingerprint density at radius 1 is 1.10 bits per heavy atom. The average Bonchev–Trinajstić information content (AvgIpc) is 2.85. The molecule has 0 saturated carbocycles. The summed E-state index contributed by atoms with van der Waals surface area (Å²) in [5.74, 6) is -1.05. The number of fused-ring (bicyclic) bond motifs is 1. The molecule has 0 spiro atoms. The lowest BCUT2D eigenvalue weighted by Crippen LogP contribution is -2.02. The van der Waals surface area contributed by atoms with Crippen LogP contribution < -0.4 is 0 Å². The van der Waals surface area contributed by atoms with E-state index in [1.807, 2.05) is 0 Å². The topological polar surface area (TPSA) is 32.9 Å². The van der Waals surface area contributed by atoms with Gasteiger partial charge in [-0.25, -0.2) is 4.39 Å². The van der Waals surface area contributed by atoms with Crippen molar-refractivity contribution in [1.29, 1.82) is 0 Å².